The van der Waals surface area contributed by atoms with Crippen LogP contribution in [0.2, 0.25) is 5.02 Å². The molecule has 1 aliphatic heterocycles. The number of aliphatic hydroxyl groups is 1. The molecule has 15 heteroatoms. The predicted octanol–water partition coefficient (Wildman–Crippen LogP) is 8.48. The molecule has 0 radical (unpaired) electrons. The molecule has 300 valence electrons. The molecule has 2 N–H and O–H groups in total. The first-order valence-electron chi connectivity index (χ1n) is 18.8. The molecule has 4 heterocycles. The van der Waals surface area contributed by atoms with E-state index in [-0.39, 0.29) is 18.9 Å². The number of phenolic OH excluding ortho intramolecular Hbond substituents is 1. The maximum atomic E-state index is 13.4. The number of phenols is 1. The lowest BCUT2D eigenvalue weighted by Gasteiger charge is -2.31. The number of aryl methyl sites for hydroxylation is 3. The van der Waals surface area contributed by atoms with Gasteiger partial charge in [-0.25, -0.2) is 9.59 Å². The van der Waals surface area contributed by atoms with Crippen LogP contribution >= 0.6 is 35.1 Å². The van der Waals surface area contributed by atoms with Crippen molar-refractivity contribution >= 4 is 68.9 Å². The summed E-state index contributed by atoms with van der Waals surface area (Å²) in [5.41, 5.74) is 6.42. The molecule has 12 nitrogen and oxygen atoms in total. The van der Waals surface area contributed by atoms with E-state index in [0.29, 0.717) is 53.9 Å². The zero-order chi connectivity index (χ0) is 40.6. The molecule has 1 aliphatic rings. The summed E-state index contributed by atoms with van der Waals surface area (Å²) in [6.45, 7) is 6.69. The van der Waals surface area contributed by atoms with Crippen molar-refractivity contribution in [2.75, 3.05) is 20.3 Å². The first-order chi connectivity index (χ1) is 27.3. The minimum Gasteiger partial charge on any atom is -0.507 e. The lowest BCUT2D eigenvalue weighted by Crippen LogP contribution is -2.41. The number of hydrogen-bond acceptors (Lipinski definition) is 10. The fourth-order valence-electron chi connectivity index (χ4n) is 7.48. The van der Waals surface area contributed by atoms with E-state index in [0.717, 1.165) is 66.0 Å². The Labute approximate surface area is 345 Å². The number of ether oxygens (including phenoxy) is 2. The van der Waals surface area contributed by atoms with Crippen LogP contribution in [0.5, 0.6) is 5.75 Å². The highest BCUT2D eigenvalue weighted by Crippen LogP contribution is 2.44. The molecule has 1 amide bonds. The van der Waals surface area contributed by atoms with Gasteiger partial charge in [0.25, 0.3) is 0 Å². The molecule has 57 heavy (non-hydrogen) atoms. The predicted molar refractivity (Wildman–Crippen MR) is 226 cm³/mol. The van der Waals surface area contributed by atoms with Crippen molar-refractivity contribution in [3.63, 3.8) is 0 Å². The summed E-state index contributed by atoms with van der Waals surface area (Å²) in [7, 11) is 5.13. The molecule has 7 rings (SSSR count). The maximum absolute atomic E-state index is 13.4. The van der Waals surface area contributed by atoms with E-state index >= 15 is 0 Å². The van der Waals surface area contributed by atoms with Gasteiger partial charge >= 0.3 is 12.1 Å². The highest BCUT2D eigenvalue weighted by Gasteiger charge is 2.33. The molecule has 6 aromatic rings. The van der Waals surface area contributed by atoms with Crippen molar-refractivity contribution in [1.29, 1.82) is 0 Å². The molecule has 0 aliphatic carbocycles. The second kappa shape index (κ2) is 16.7. The third kappa shape index (κ3) is 8.36. The number of esters is 1. The van der Waals surface area contributed by atoms with Gasteiger partial charge in [-0.2, -0.15) is 10.2 Å². The van der Waals surface area contributed by atoms with Gasteiger partial charge in [0.05, 0.1) is 47.8 Å². The number of rotatable bonds is 12. The number of carbonyl (C=O) groups is 2. The molecular formula is C42H47ClN6O6S2. The number of methoxy groups -OCH3 is 1. The van der Waals surface area contributed by atoms with Crippen LogP contribution in [-0.2, 0) is 60.3 Å². The van der Waals surface area contributed by atoms with Crippen LogP contribution in [0.4, 0.5) is 4.79 Å². The lowest BCUT2D eigenvalue weighted by atomic mass is 9.97. The molecule has 0 saturated heterocycles. The van der Waals surface area contributed by atoms with Crippen molar-refractivity contribution < 1.29 is 29.3 Å². The number of aliphatic hydroxyl groups excluding tert-OH is 1. The van der Waals surface area contributed by atoms with E-state index in [2.05, 4.69) is 12.1 Å². The van der Waals surface area contributed by atoms with Crippen molar-refractivity contribution in [3.8, 4) is 16.9 Å². The number of hydrogen-bond donors (Lipinski definition) is 2. The number of aromatic hydroxyl groups is 1. The Kier molecular flexibility index (Phi) is 11.9. The Morgan fingerprint density at radius 2 is 1.75 bits per heavy atom. The van der Waals surface area contributed by atoms with Crippen molar-refractivity contribution in [3.05, 3.63) is 93.7 Å². The Hall–Kier alpha value is -4.63. The summed E-state index contributed by atoms with van der Waals surface area (Å²) in [6, 6.07) is 17.6. The molecule has 3 aromatic carbocycles. The highest BCUT2D eigenvalue weighted by atomic mass is 35.5. The van der Waals surface area contributed by atoms with Gasteiger partial charge in [-0.15, -0.1) is 23.5 Å². The average molecular weight is 831 g/mol. The third-order valence-corrected chi connectivity index (χ3v) is 12.3. The molecule has 0 atom stereocenters. The summed E-state index contributed by atoms with van der Waals surface area (Å²) < 4.78 is 16.7. The Balaban J connectivity index is 1.21. The number of nitrogens with zero attached hydrogens (tertiary/aromatic N) is 6. The second-order valence-corrected chi connectivity index (χ2v) is 17.6. The number of carbonyl (C=O) groups excluding carboxylic acids is 2. The molecular weight excluding hydrogens is 784 g/mol. The van der Waals surface area contributed by atoms with Gasteiger partial charge in [0.15, 0.2) is 0 Å². The SMILES string of the molecule is COC(=O)c1c(CCCO)c2ccc(Cl)c(-c3c(CSCc4cc(CSc5cc(O)c6ccccc6c5)n(C)n4)nn4c3CN(C(=O)OC(C)(C)C)CC4)c2n1C. The van der Waals surface area contributed by atoms with E-state index in [9.17, 15) is 19.8 Å². The minimum atomic E-state index is -0.657. The molecule has 0 saturated carbocycles. The van der Waals surface area contributed by atoms with Crippen molar-refractivity contribution in [2.24, 2.45) is 14.1 Å². The van der Waals surface area contributed by atoms with E-state index < -0.39 is 17.7 Å². The normalized spacial score (nSPS) is 13.1. The number of amides is 1. The molecule has 0 spiro atoms. The summed E-state index contributed by atoms with van der Waals surface area (Å²) in [5, 5.41) is 33.4. The number of aromatic nitrogens is 5. The van der Waals surface area contributed by atoms with Crippen LogP contribution in [0.15, 0.2) is 59.5 Å². The summed E-state index contributed by atoms with van der Waals surface area (Å²) in [5.74, 6) is 1.63. The van der Waals surface area contributed by atoms with E-state index in [1.54, 1.807) is 28.4 Å². The summed E-state index contributed by atoms with van der Waals surface area (Å²) >= 11 is 10.5. The zero-order valence-electron chi connectivity index (χ0n) is 33.0. The number of benzene rings is 3. The van der Waals surface area contributed by atoms with E-state index in [1.165, 1.54) is 7.11 Å². The molecule has 3 aromatic heterocycles. The summed E-state index contributed by atoms with van der Waals surface area (Å²) in [4.78, 5) is 29.3. The minimum absolute atomic E-state index is 0.0259. The molecule has 0 unspecified atom stereocenters. The Morgan fingerprint density at radius 3 is 2.51 bits per heavy atom. The van der Waals surface area contributed by atoms with Crippen LogP contribution < -0.4 is 0 Å². The number of thioether (sulfide) groups is 2. The quantitative estimate of drug-likeness (QED) is 0.0913. The standard InChI is InChI=1S/C42H47ClN6O6S2/c1-42(2,3)55-41(53)48-15-16-49-34(21-48)37(36-32(43)14-13-31-30(12-9-17-50)39(40(52)54-6)46(4)38(31)36)33(45-49)24-56-22-26-19-27(47(5)44-26)23-57-28-18-25-10-7-8-11-29(25)35(51)20-28/h7-8,10-11,13-14,18-20,50-51H,9,12,15-17,21-24H2,1-6H3. The van der Waals surface area contributed by atoms with Crippen molar-refractivity contribution in [1.82, 2.24) is 29.0 Å². The van der Waals surface area contributed by atoms with Gasteiger partial charge in [-0.3, -0.25) is 9.36 Å². The largest absolute Gasteiger partial charge is 0.507 e. The molecule has 0 bridgehead atoms. The van der Waals surface area contributed by atoms with Crippen LogP contribution in [0.1, 0.15) is 66.0 Å². The fourth-order valence-corrected chi connectivity index (χ4v) is 9.57. The number of fused-ring (bicyclic) bond motifs is 3. The maximum Gasteiger partial charge on any atom is 0.410 e. The average Bonchev–Trinajstić information content (AvgIpc) is 3.81. The highest BCUT2D eigenvalue weighted by molar-refractivity contribution is 7.98. The fraction of sp³-hybridized carbons (Fsp3) is 0.381. The van der Waals surface area contributed by atoms with Crippen LogP contribution in [0.25, 0.3) is 32.8 Å². The number of halogens is 1. The first-order valence-corrected chi connectivity index (χ1v) is 21.3. The smallest absolute Gasteiger partial charge is 0.410 e. The third-order valence-electron chi connectivity index (χ3n) is 10.0. The van der Waals surface area contributed by atoms with E-state index in [4.69, 9.17) is 31.3 Å². The molecule has 0 fully saturated rings. The Morgan fingerprint density at radius 1 is 0.965 bits per heavy atom. The first kappa shape index (κ1) is 40.6. The van der Waals surface area contributed by atoms with Crippen LogP contribution in [0.3, 0.4) is 0 Å². The lowest BCUT2D eigenvalue weighted by molar-refractivity contribution is 0.0194. The second-order valence-electron chi connectivity index (χ2n) is 15.1. The van der Waals surface area contributed by atoms with Gasteiger partial charge in [0.1, 0.15) is 17.0 Å². The van der Waals surface area contributed by atoms with Crippen LogP contribution in [-0.4, -0.2) is 77.2 Å². The zero-order valence-corrected chi connectivity index (χ0v) is 35.4. The van der Waals surface area contributed by atoms with Gasteiger partial charge in [-0.05, 0) is 68.8 Å². The van der Waals surface area contributed by atoms with Crippen LogP contribution in [0, 0.1) is 0 Å². The van der Waals surface area contributed by atoms with Gasteiger partial charge in [0, 0.05) is 77.0 Å². The van der Waals surface area contributed by atoms with E-state index in [1.807, 2.05) is 91.3 Å². The van der Waals surface area contributed by atoms with Gasteiger partial charge in [-0.1, -0.05) is 41.9 Å². The monoisotopic (exact) mass is 830 g/mol. The summed E-state index contributed by atoms with van der Waals surface area (Å²) in [6.07, 6.45) is 0.536. The Bertz CT molecular complexity index is 2480. The van der Waals surface area contributed by atoms with Gasteiger partial charge < -0.3 is 29.2 Å². The van der Waals surface area contributed by atoms with Crippen molar-refractivity contribution in [2.45, 2.75) is 74.5 Å². The topological polar surface area (TPSA) is 137 Å². The van der Waals surface area contributed by atoms with Gasteiger partial charge in [0.2, 0.25) is 0 Å².